The van der Waals surface area contributed by atoms with E-state index in [9.17, 15) is 4.79 Å². The van der Waals surface area contributed by atoms with Gasteiger partial charge in [-0.25, -0.2) is 0 Å². The molecule has 0 aliphatic heterocycles. The van der Waals surface area contributed by atoms with Gasteiger partial charge in [-0.05, 0) is 25.2 Å². The van der Waals surface area contributed by atoms with Gasteiger partial charge in [0.2, 0.25) is 5.91 Å². The highest BCUT2D eigenvalue weighted by Crippen LogP contribution is 2.07. The molecule has 3 nitrogen and oxygen atoms in total. The number of halogens is 1. The summed E-state index contributed by atoms with van der Waals surface area (Å²) in [6, 6.07) is 0.114. The van der Waals surface area contributed by atoms with Crippen molar-refractivity contribution in [3.05, 3.63) is 0 Å². The summed E-state index contributed by atoms with van der Waals surface area (Å²) in [6.45, 7) is 9.17. The zero-order valence-electron chi connectivity index (χ0n) is 10.2. The Labute approximate surface area is 99.6 Å². The Hall–Kier alpha value is -0.280. The Bertz CT molecular complexity index is 172. The molecule has 0 aromatic rings. The van der Waals surface area contributed by atoms with E-state index in [0.29, 0.717) is 18.3 Å². The van der Waals surface area contributed by atoms with E-state index in [2.05, 4.69) is 26.1 Å². The number of nitrogens with two attached hydrogens (primary N) is 1. The van der Waals surface area contributed by atoms with Gasteiger partial charge in [0.15, 0.2) is 0 Å². The molecule has 3 N–H and O–H groups in total. The summed E-state index contributed by atoms with van der Waals surface area (Å²) in [5, 5.41) is 2.92. The molecular formula is C11H25ClN2O. The molecule has 0 heterocycles. The van der Waals surface area contributed by atoms with Crippen molar-refractivity contribution in [2.24, 2.45) is 17.6 Å². The van der Waals surface area contributed by atoms with E-state index in [4.69, 9.17) is 5.73 Å². The molecule has 0 aromatic carbocycles. The minimum absolute atomic E-state index is 0. The smallest absolute Gasteiger partial charge is 0.220 e. The van der Waals surface area contributed by atoms with Gasteiger partial charge in [-0.3, -0.25) is 4.79 Å². The van der Waals surface area contributed by atoms with Gasteiger partial charge in [-0.15, -0.1) is 12.4 Å². The first-order chi connectivity index (χ1) is 6.43. The Morgan fingerprint density at radius 3 is 2.20 bits per heavy atom. The van der Waals surface area contributed by atoms with E-state index in [-0.39, 0.29) is 24.4 Å². The van der Waals surface area contributed by atoms with Crippen molar-refractivity contribution in [1.82, 2.24) is 5.32 Å². The predicted octanol–water partition coefficient (Wildman–Crippen LogP) is 1.94. The molecule has 0 fully saturated rings. The van der Waals surface area contributed by atoms with E-state index in [1.165, 1.54) is 0 Å². The lowest BCUT2D eigenvalue weighted by Crippen LogP contribution is -2.31. The first-order valence-corrected chi connectivity index (χ1v) is 5.45. The largest absolute Gasteiger partial charge is 0.356 e. The summed E-state index contributed by atoms with van der Waals surface area (Å²) >= 11 is 0. The standard InChI is InChI=1S/C11H24N2O.ClH/c1-8(2)9(3)7-13-11(14)6-5-10(4)12;/h8-10H,5-7,12H2,1-4H3,(H,13,14);1H. The van der Waals surface area contributed by atoms with Crippen LogP contribution in [-0.2, 0) is 4.79 Å². The van der Waals surface area contributed by atoms with Crippen LogP contribution in [0.15, 0.2) is 0 Å². The fourth-order valence-electron chi connectivity index (χ4n) is 0.958. The fourth-order valence-corrected chi connectivity index (χ4v) is 0.958. The zero-order chi connectivity index (χ0) is 11.1. The molecule has 0 spiro atoms. The second-order valence-corrected chi connectivity index (χ2v) is 4.54. The lowest BCUT2D eigenvalue weighted by Gasteiger charge is -2.16. The summed E-state index contributed by atoms with van der Waals surface area (Å²) in [5.74, 6) is 1.27. The third kappa shape index (κ3) is 10.0. The molecule has 92 valence electrons. The van der Waals surface area contributed by atoms with Crippen LogP contribution in [0.2, 0.25) is 0 Å². The lowest BCUT2D eigenvalue weighted by atomic mass is 9.98. The number of amides is 1. The Balaban J connectivity index is 0. The third-order valence-corrected chi connectivity index (χ3v) is 2.59. The number of nitrogens with one attached hydrogen (secondary N) is 1. The minimum Gasteiger partial charge on any atom is -0.356 e. The van der Waals surface area contributed by atoms with E-state index >= 15 is 0 Å². The normalized spacial score (nSPS) is 14.3. The number of carbonyl (C=O) groups excluding carboxylic acids is 1. The minimum atomic E-state index is 0. The summed E-state index contributed by atoms with van der Waals surface area (Å²) in [7, 11) is 0. The van der Waals surface area contributed by atoms with Crippen LogP contribution in [-0.4, -0.2) is 18.5 Å². The van der Waals surface area contributed by atoms with Gasteiger partial charge in [0.05, 0.1) is 0 Å². The van der Waals surface area contributed by atoms with Crippen molar-refractivity contribution in [2.45, 2.75) is 46.6 Å². The molecule has 0 radical (unpaired) electrons. The van der Waals surface area contributed by atoms with E-state index in [1.807, 2.05) is 6.92 Å². The van der Waals surface area contributed by atoms with E-state index < -0.39 is 0 Å². The molecule has 4 heteroatoms. The van der Waals surface area contributed by atoms with Gasteiger partial charge < -0.3 is 11.1 Å². The van der Waals surface area contributed by atoms with Crippen LogP contribution in [0.4, 0.5) is 0 Å². The van der Waals surface area contributed by atoms with Crippen molar-refractivity contribution in [3.63, 3.8) is 0 Å². The molecule has 15 heavy (non-hydrogen) atoms. The molecular weight excluding hydrogens is 212 g/mol. The maximum Gasteiger partial charge on any atom is 0.220 e. The van der Waals surface area contributed by atoms with Gasteiger partial charge in [0.1, 0.15) is 0 Å². The maximum absolute atomic E-state index is 11.3. The van der Waals surface area contributed by atoms with Crippen molar-refractivity contribution < 1.29 is 4.79 Å². The van der Waals surface area contributed by atoms with Crippen LogP contribution in [0.25, 0.3) is 0 Å². The number of hydrogen-bond acceptors (Lipinski definition) is 2. The Morgan fingerprint density at radius 2 is 1.80 bits per heavy atom. The first-order valence-electron chi connectivity index (χ1n) is 5.45. The van der Waals surface area contributed by atoms with Crippen LogP contribution < -0.4 is 11.1 Å². The molecule has 2 unspecified atom stereocenters. The van der Waals surface area contributed by atoms with Gasteiger partial charge in [0, 0.05) is 19.0 Å². The SMILES string of the molecule is CC(N)CCC(=O)NCC(C)C(C)C.Cl. The Morgan fingerprint density at radius 1 is 1.27 bits per heavy atom. The second kappa shape index (κ2) is 8.98. The van der Waals surface area contributed by atoms with Gasteiger partial charge in [-0.1, -0.05) is 20.8 Å². The number of hydrogen-bond donors (Lipinski definition) is 2. The summed E-state index contributed by atoms with van der Waals surface area (Å²) < 4.78 is 0. The highest BCUT2D eigenvalue weighted by atomic mass is 35.5. The van der Waals surface area contributed by atoms with Crippen LogP contribution in [0.1, 0.15) is 40.5 Å². The quantitative estimate of drug-likeness (QED) is 0.741. The van der Waals surface area contributed by atoms with Crippen LogP contribution in [0, 0.1) is 11.8 Å². The molecule has 0 saturated carbocycles. The van der Waals surface area contributed by atoms with Crippen LogP contribution in [0.3, 0.4) is 0 Å². The molecule has 0 aromatic heterocycles. The maximum atomic E-state index is 11.3. The highest BCUT2D eigenvalue weighted by molar-refractivity contribution is 5.85. The van der Waals surface area contributed by atoms with Crippen LogP contribution >= 0.6 is 12.4 Å². The molecule has 0 bridgehead atoms. The highest BCUT2D eigenvalue weighted by Gasteiger charge is 2.09. The lowest BCUT2D eigenvalue weighted by molar-refractivity contribution is -0.121. The average molecular weight is 237 g/mol. The summed E-state index contributed by atoms with van der Waals surface area (Å²) in [6.07, 6.45) is 1.31. The van der Waals surface area contributed by atoms with Crippen molar-refractivity contribution >= 4 is 18.3 Å². The summed E-state index contributed by atoms with van der Waals surface area (Å²) in [5.41, 5.74) is 5.56. The van der Waals surface area contributed by atoms with Crippen molar-refractivity contribution in [1.29, 1.82) is 0 Å². The predicted molar refractivity (Wildman–Crippen MR) is 67.1 cm³/mol. The molecule has 1 amide bonds. The van der Waals surface area contributed by atoms with Gasteiger partial charge in [-0.2, -0.15) is 0 Å². The first kappa shape index (κ1) is 17.1. The molecule has 0 saturated heterocycles. The Kier molecular flexibility index (Phi) is 10.3. The topological polar surface area (TPSA) is 55.1 Å². The number of carbonyl (C=O) groups is 1. The molecule has 0 aliphatic rings. The second-order valence-electron chi connectivity index (χ2n) is 4.54. The third-order valence-electron chi connectivity index (χ3n) is 2.59. The average Bonchev–Trinajstić information content (AvgIpc) is 2.10. The fraction of sp³-hybridized carbons (Fsp3) is 0.909. The van der Waals surface area contributed by atoms with E-state index in [1.54, 1.807) is 0 Å². The van der Waals surface area contributed by atoms with E-state index in [0.717, 1.165) is 13.0 Å². The van der Waals surface area contributed by atoms with Crippen molar-refractivity contribution in [3.8, 4) is 0 Å². The monoisotopic (exact) mass is 236 g/mol. The van der Waals surface area contributed by atoms with Gasteiger partial charge >= 0.3 is 0 Å². The number of rotatable bonds is 6. The van der Waals surface area contributed by atoms with Gasteiger partial charge in [0.25, 0.3) is 0 Å². The zero-order valence-corrected chi connectivity index (χ0v) is 11.1. The van der Waals surface area contributed by atoms with Crippen molar-refractivity contribution in [2.75, 3.05) is 6.54 Å². The summed E-state index contributed by atoms with van der Waals surface area (Å²) in [4.78, 5) is 11.3. The molecule has 0 rings (SSSR count). The molecule has 0 aliphatic carbocycles. The molecule has 2 atom stereocenters. The van der Waals surface area contributed by atoms with Crippen LogP contribution in [0.5, 0.6) is 0 Å².